The maximum Gasteiger partial charge on any atom is 0.244 e. The second-order valence-electron chi connectivity index (χ2n) is 5.19. The van der Waals surface area contributed by atoms with Gasteiger partial charge in [0.2, 0.25) is 10.0 Å². The van der Waals surface area contributed by atoms with E-state index in [9.17, 15) is 12.8 Å². The number of hydrogen-bond acceptors (Lipinski definition) is 4. The van der Waals surface area contributed by atoms with Crippen molar-refractivity contribution in [2.45, 2.75) is 30.3 Å². The van der Waals surface area contributed by atoms with Gasteiger partial charge in [-0.1, -0.05) is 0 Å². The van der Waals surface area contributed by atoms with Crippen molar-refractivity contribution < 1.29 is 17.5 Å². The third-order valence-corrected chi connectivity index (χ3v) is 6.51. The molecule has 0 aliphatic carbocycles. The number of sulfonamides is 1. The zero-order valence-corrected chi connectivity index (χ0v) is 14.6. The molecule has 0 aromatic heterocycles. The normalized spacial score (nSPS) is 17.8. The van der Waals surface area contributed by atoms with E-state index in [0.717, 1.165) is 12.5 Å². The molecule has 1 heterocycles. The number of benzene rings is 1. The molecule has 0 saturated carbocycles. The van der Waals surface area contributed by atoms with Crippen molar-refractivity contribution in [2.75, 3.05) is 26.2 Å². The molecule has 0 spiro atoms. The Balaban J connectivity index is 2.02. The average molecular weight is 395 g/mol. The SMILES string of the molecule is NCCCOC1CCN(S(=O)(=O)c2cc(F)ccc2Br)CC1. The molecular weight excluding hydrogens is 375 g/mol. The zero-order valence-electron chi connectivity index (χ0n) is 12.2. The number of halogens is 2. The lowest BCUT2D eigenvalue weighted by Crippen LogP contribution is -2.41. The monoisotopic (exact) mass is 394 g/mol. The Morgan fingerprint density at radius 3 is 2.68 bits per heavy atom. The summed E-state index contributed by atoms with van der Waals surface area (Å²) in [5.74, 6) is -0.568. The van der Waals surface area contributed by atoms with Crippen LogP contribution in [0, 0.1) is 5.82 Å². The summed E-state index contributed by atoms with van der Waals surface area (Å²) >= 11 is 3.18. The number of hydrogen-bond donors (Lipinski definition) is 1. The Hall–Kier alpha value is -0.540. The van der Waals surface area contributed by atoms with Crippen LogP contribution in [-0.4, -0.2) is 45.1 Å². The molecule has 2 N–H and O–H groups in total. The summed E-state index contributed by atoms with van der Waals surface area (Å²) in [6.45, 7) is 1.93. The molecule has 0 atom stereocenters. The molecule has 1 aliphatic heterocycles. The summed E-state index contributed by atoms with van der Waals surface area (Å²) in [5, 5.41) is 0. The summed E-state index contributed by atoms with van der Waals surface area (Å²) in [6.07, 6.45) is 2.14. The van der Waals surface area contributed by atoms with E-state index in [4.69, 9.17) is 10.5 Å². The maximum atomic E-state index is 13.3. The molecule has 0 amide bonds. The fourth-order valence-corrected chi connectivity index (χ4v) is 4.79. The van der Waals surface area contributed by atoms with Crippen LogP contribution in [0.4, 0.5) is 4.39 Å². The molecule has 1 aromatic carbocycles. The van der Waals surface area contributed by atoms with Crippen molar-refractivity contribution in [2.24, 2.45) is 5.73 Å². The van der Waals surface area contributed by atoms with E-state index in [1.807, 2.05) is 0 Å². The van der Waals surface area contributed by atoms with Gasteiger partial charge in [-0.25, -0.2) is 12.8 Å². The molecule has 0 unspecified atom stereocenters. The number of nitrogens with two attached hydrogens (primary N) is 1. The Bertz CT molecular complexity index is 604. The number of piperidine rings is 1. The van der Waals surface area contributed by atoms with Crippen molar-refractivity contribution >= 4 is 26.0 Å². The van der Waals surface area contributed by atoms with Gasteiger partial charge in [0.15, 0.2) is 0 Å². The highest BCUT2D eigenvalue weighted by Gasteiger charge is 2.31. The molecule has 1 aliphatic rings. The van der Waals surface area contributed by atoms with Crippen molar-refractivity contribution in [1.29, 1.82) is 0 Å². The first-order valence-corrected chi connectivity index (χ1v) is 9.45. The average Bonchev–Trinajstić information content (AvgIpc) is 2.50. The molecule has 5 nitrogen and oxygen atoms in total. The predicted octanol–water partition coefficient (Wildman–Crippen LogP) is 2.11. The fourth-order valence-electron chi connectivity index (χ4n) is 2.39. The Labute approximate surface area is 138 Å². The van der Waals surface area contributed by atoms with Gasteiger partial charge < -0.3 is 10.5 Å². The third-order valence-electron chi connectivity index (χ3n) is 3.61. The topological polar surface area (TPSA) is 72.6 Å². The highest BCUT2D eigenvalue weighted by Crippen LogP contribution is 2.28. The highest BCUT2D eigenvalue weighted by molar-refractivity contribution is 9.10. The second kappa shape index (κ2) is 7.83. The van der Waals surface area contributed by atoms with E-state index in [2.05, 4.69) is 15.9 Å². The number of ether oxygens (including phenoxy) is 1. The highest BCUT2D eigenvalue weighted by atomic mass is 79.9. The molecule has 124 valence electrons. The lowest BCUT2D eigenvalue weighted by Gasteiger charge is -2.31. The van der Waals surface area contributed by atoms with E-state index < -0.39 is 15.8 Å². The minimum atomic E-state index is -3.69. The standard InChI is InChI=1S/C14H20BrFN2O3S/c15-13-3-2-11(16)10-14(13)22(19,20)18-7-4-12(5-8-18)21-9-1-6-17/h2-3,10,12H,1,4-9,17H2. The molecular formula is C14H20BrFN2O3S. The molecule has 1 saturated heterocycles. The summed E-state index contributed by atoms with van der Waals surface area (Å²) in [4.78, 5) is -0.0324. The van der Waals surface area contributed by atoms with Crippen molar-refractivity contribution in [1.82, 2.24) is 4.31 Å². The van der Waals surface area contributed by atoms with E-state index in [1.54, 1.807) is 0 Å². The molecule has 1 aromatic rings. The van der Waals surface area contributed by atoms with Crippen molar-refractivity contribution in [3.63, 3.8) is 0 Å². The van der Waals surface area contributed by atoms with Gasteiger partial charge >= 0.3 is 0 Å². The maximum absolute atomic E-state index is 13.3. The fraction of sp³-hybridized carbons (Fsp3) is 0.571. The Morgan fingerprint density at radius 1 is 1.36 bits per heavy atom. The molecule has 1 fully saturated rings. The van der Waals surface area contributed by atoms with E-state index in [-0.39, 0.29) is 11.0 Å². The van der Waals surface area contributed by atoms with Crippen molar-refractivity contribution in [3.8, 4) is 0 Å². The van der Waals surface area contributed by atoms with Crippen LogP contribution in [0.5, 0.6) is 0 Å². The van der Waals surface area contributed by atoms with Crippen LogP contribution in [0.25, 0.3) is 0 Å². The lowest BCUT2D eigenvalue weighted by molar-refractivity contribution is 0.0209. The van der Waals surface area contributed by atoms with Crippen LogP contribution in [0.2, 0.25) is 0 Å². The molecule has 0 radical (unpaired) electrons. The Morgan fingerprint density at radius 2 is 2.05 bits per heavy atom. The van der Waals surface area contributed by atoms with E-state index in [1.165, 1.54) is 16.4 Å². The minimum Gasteiger partial charge on any atom is -0.378 e. The van der Waals surface area contributed by atoms with Crippen LogP contribution < -0.4 is 5.73 Å². The first-order valence-electron chi connectivity index (χ1n) is 7.22. The quantitative estimate of drug-likeness (QED) is 0.749. The van der Waals surface area contributed by atoms with E-state index in [0.29, 0.717) is 43.6 Å². The van der Waals surface area contributed by atoms with Gasteiger partial charge in [0.25, 0.3) is 0 Å². The lowest BCUT2D eigenvalue weighted by atomic mass is 10.1. The molecule has 0 bridgehead atoms. The van der Waals surface area contributed by atoms with Crippen LogP contribution in [0.3, 0.4) is 0 Å². The summed E-state index contributed by atoms with van der Waals surface area (Å²) < 4.78 is 46.0. The van der Waals surface area contributed by atoms with Gasteiger partial charge in [-0.3, -0.25) is 0 Å². The van der Waals surface area contributed by atoms with Gasteiger partial charge in [0, 0.05) is 24.2 Å². The van der Waals surface area contributed by atoms with Gasteiger partial charge in [-0.15, -0.1) is 0 Å². The third kappa shape index (κ3) is 4.26. The van der Waals surface area contributed by atoms with Crippen LogP contribution in [0.1, 0.15) is 19.3 Å². The summed E-state index contributed by atoms with van der Waals surface area (Å²) in [5.41, 5.74) is 5.41. The van der Waals surface area contributed by atoms with Gasteiger partial charge in [-0.2, -0.15) is 4.31 Å². The first-order chi connectivity index (χ1) is 10.4. The molecule has 22 heavy (non-hydrogen) atoms. The number of nitrogens with zero attached hydrogens (tertiary/aromatic N) is 1. The number of rotatable bonds is 6. The molecule has 8 heteroatoms. The minimum absolute atomic E-state index is 0.0324. The smallest absolute Gasteiger partial charge is 0.244 e. The first kappa shape index (κ1) is 17.8. The second-order valence-corrected chi connectivity index (χ2v) is 7.95. The largest absolute Gasteiger partial charge is 0.378 e. The van der Waals surface area contributed by atoms with Crippen LogP contribution in [-0.2, 0) is 14.8 Å². The van der Waals surface area contributed by atoms with Gasteiger partial charge in [0.1, 0.15) is 5.82 Å². The predicted molar refractivity (Wildman–Crippen MR) is 85.5 cm³/mol. The summed E-state index contributed by atoms with van der Waals surface area (Å²) in [7, 11) is -3.69. The zero-order chi connectivity index (χ0) is 16.2. The van der Waals surface area contributed by atoms with Crippen molar-refractivity contribution in [3.05, 3.63) is 28.5 Å². The van der Waals surface area contributed by atoms with Gasteiger partial charge in [-0.05, 0) is 59.9 Å². The van der Waals surface area contributed by atoms with Crippen LogP contribution in [0.15, 0.2) is 27.6 Å². The van der Waals surface area contributed by atoms with E-state index >= 15 is 0 Å². The molecule has 2 rings (SSSR count). The summed E-state index contributed by atoms with van der Waals surface area (Å²) in [6, 6.07) is 3.68. The van der Waals surface area contributed by atoms with Gasteiger partial charge in [0.05, 0.1) is 11.0 Å². The Kier molecular flexibility index (Phi) is 6.34. The van der Waals surface area contributed by atoms with Crippen LogP contribution >= 0.6 is 15.9 Å².